The molecule has 1 N–H and O–H groups in total. The highest BCUT2D eigenvalue weighted by atomic mass is 16.2. The highest BCUT2D eigenvalue weighted by molar-refractivity contribution is 5.80. The fourth-order valence-corrected chi connectivity index (χ4v) is 3.49. The van der Waals surface area contributed by atoms with Gasteiger partial charge >= 0.3 is 0 Å². The van der Waals surface area contributed by atoms with Crippen LogP contribution in [0.15, 0.2) is 0 Å². The van der Waals surface area contributed by atoms with Crippen molar-refractivity contribution < 1.29 is 4.79 Å². The van der Waals surface area contributed by atoms with Crippen LogP contribution in [0.3, 0.4) is 0 Å². The Morgan fingerprint density at radius 3 is 2.17 bits per heavy atom. The summed E-state index contributed by atoms with van der Waals surface area (Å²) in [6, 6.07) is 0. The summed E-state index contributed by atoms with van der Waals surface area (Å²) >= 11 is 0. The topological polar surface area (TPSA) is 32.3 Å². The monoisotopic (exact) mass is 250 g/mol. The largest absolute Gasteiger partial charge is 0.345 e. The first kappa shape index (κ1) is 12.5. The van der Waals surface area contributed by atoms with E-state index in [1.165, 1.54) is 38.5 Å². The summed E-state index contributed by atoms with van der Waals surface area (Å²) in [7, 11) is 2.03. The van der Waals surface area contributed by atoms with Crippen LogP contribution in [0.5, 0.6) is 0 Å². The Morgan fingerprint density at radius 1 is 1.11 bits per heavy atom. The molecular weight excluding hydrogens is 224 g/mol. The van der Waals surface area contributed by atoms with E-state index in [4.69, 9.17) is 0 Å². The summed E-state index contributed by atoms with van der Waals surface area (Å²) < 4.78 is 0. The van der Waals surface area contributed by atoms with Gasteiger partial charge in [0.25, 0.3) is 0 Å². The van der Waals surface area contributed by atoms with Crippen LogP contribution in [0.4, 0.5) is 0 Å². The highest BCUT2D eigenvalue weighted by Gasteiger charge is 2.46. The minimum absolute atomic E-state index is 0.386. The molecule has 3 rings (SSSR count). The molecule has 2 saturated carbocycles. The van der Waals surface area contributed by atoms with Crippen molar-refractivity contribution in [3.63, 3.8) is 0 Å². The number of hydrogen-bond acceptors (Lipinski definition) is 2. The molecule has 2 aliphatic carbocycles. The summed E-state index contributed by atoms with van der Waals surface area (Å²) in [5, 5.41) is 3.39. The lowest BCUT2D eigenvalue weighted by Gasteiger charge is -2.30. The summed E-state index contributed by atoms with van der Waals surface area (Å²) in [5.41, 5.74) is 0. The molecule has 0 radical (unpaired) electrons. The Kier molecular flexibility index (Phi) is 3.60. The molecule has 0 aromatic rings. The first-order valence-corrected chi connectivity index (χ1v) is 7.71. The van der Waals surface area contributed by atoms with Crippen LogP contribution in [-0.4, -0.2) is 37.5 Å². The van der Waals surface area contributed by atoms with Crippen molar-refractivity contribution in [3.05, 3.63) is 0 Å². The number of rotatable bonds is 5. The van der Waals surface area contributed by atoms with E-state index in [1.807, 2.05) is 7.05 Å². The lowest BCUT2D eigenvalue weighted by Crippen LogP contribution is -2.40. The average molecular weight is 250 g/mol. The van der Waals surface area contributed by atoms with Gasteiger partial charge in [-0.05, 0) is 69.4 Å². The van der Waals surface area contributed by atoms with Crippen molar-refractivity contribution in [2.75, 3.05) is 26.7 Å². The van der Waals surface area contributed by atoms with E-state index in [2.05, 4.69) is 10.2 Å². The van der Waals surface area contributed by atoms with E-state index in [0.717, 1.165) is 37.4 Å². The van der Waals surface area contributed by atoms with Gasteiger partial charge in [0.2, 0.25) is 5.91 Å². The molecule has 0 aromatic carbocycles. The van der Waals surface area contributed by atoms with E-state index < -0.39 is 0 Å². The predicted octanol–water partition coefficient (Wildman–Crippen LogP) is 1.88. The van der Waals surface area contributed by atoms with E-state index in [-0.39, 0.29) is 0 Å². The second kappa shape index (κ2) is 5.20. The molecule has 18 heavy (non-hydrogen) atoms. The third-order valence-electron chi connectivity index (χ3n) is 4.91. The number of carbonyl (C=O) groups excluding carboxylic acids is 1. The maximum Gasteiger partial charge on any atom is 0.225 e. The number of nitrogens with one attached hydrogen (secondary N) is 1. The second-order valence-corrected chi connectivity index (χ2v) is 6.61. The Morgan fingerprint density at radius 2 is 1.67 bits per heavy atom. The highest BCUT2D eigenvalue weighted by Crippen LogP contribution is 2.49. The Labute approximate surface area is 110 Å². The fourth-order valence-electron chi connectivity index (χ4n) is 3.49. The summed E-state index contributed by atoms with van der Waals surface area (Å²) in [6.45, 7) is 3.24. The molecule has 1 heterocycles. The van der Waals surface area contributed by atoms with Crippen LogP contribution in [0.2, 0.25) is 0 Å². The van der Waals surface area contributed by atoms with Crippen LogP contribution in [0.1, 0.15) is 38.5 Å². The zero-order chi connectivity index (χ0) is 12.5. The minimum Gasteiger partial charge on any atom is -0.345 e. The zero-order valence-corrected chi connectivity index (χ0v) is 11.5. The van der Waals surface area contributed by atoms with Gasteiger partial charge in [-0.15, -0.1) is 0 Å². The van der Waals surface area contributed by atoms with Crippen LogP contribution >= 0.6 is 0 Å². The number of piperidine rings is 1. The van der Waals surface area contributed by atoms with Gasteiger partial charge in [-0.1, -0.05) is 0 Å². The SMILES string of the molecule is CN(CC1CCNCC1)C(=O)C(C1CC1)C1CC1. The van der Waals surface area contributed by atoms with E-state index >= 15 is 0 Å². The molecule has 3 heteroatoms. The molecule has 102 valence electrons. The van der Waals surface area contributed by atoms with Gasteiger partial charge in [-0.25, -0.2) is 0 Å². The maximum absolute atomic E-state index is 12.6. The predicted molar refractivity (Wildman–Crippen MR) is 72.2 cm³/mol. The summed E-state index contributed by atoms with van der Waals surface area (Å²) in [6.07, 6.45) is 7.66. The van der Waals surface area contributed by atoms with Crippen LogP contribution in [0, 0.1) is 23.7 Å². The van der Waals surface area contributed by atoms with Crippen molar-refractivity contribution in [2.45, 2.75) is 38.5 Å². The van der Waals surface area contributed by atoms with Crippen molar-refractivity contribution >= 4 is 5.91 Å². The standard InChI is InChI=1S/C15H26N2O/c1-17(10-11-6-8-16-9-7-11)15(18)14(12-2-3-12)13-4-5-13/h11-14,16H,2-10H2,1H3. The number of amides is 1. The molecule has 1 aliphatic heterocycles. The molecule has 0 bridgehead atoms. The van der Waals surface area contributed by atoms with Gasteiger partial charge < -0.3 is 10.2 Å². The van der Waals surface area contributed by atoms with Gasteiger partial charge in [0, 0.05) is 19.5 Å². The third-order valence-corrected chi connectivity index (χ3v) is 4.91. The van der Waals surface area contributed by atoms with Gasteiger partial charge in [-0.2, -0.15) is 0 Å². The van der Waals surface area contributed by atoms with Crippen LogP contribution in [-0.2, 0) is 4.79 Å². The quantitative estimate of drug-likeness (QED) is 0.808. The van der Waals surface area contributed by atoms with E-state index in [9.17, 15) is 4.79 Å². The first-order valence-electron chi connectivity index (χ1n) is 7.71. The lowest BCUT2D eigenvalue weighted by atomic mass is 9.94. The van der Waals surface area contributed by atoms with Gasteiger partial charge in [0.1, 0.15) is 0 Å². The summed E-state index contributed by atoms with van der Waals surface area (Å²) in [4.78, 5) is 14.6. The smallest absolute Gasteiger partial charge is 0.225 e. The lowest BCUT2D eigenvalue weighted by molar-refractivity contribution is -0.136. The normalized spacial score (nSPS) is 25.4. The third kappa shape index (κ3) is 2.87. The minimum atomic E-state index is 0.386. The zero-order valence-electron chi connectivity index (χ0n) is 11.5. The number of nitrogens with zero attached hydrogens (tertiary/aromatic N) is 1. The molecule has 1 amide bonds. The Bertz CT molecular complexity index is 292. The van der Waals surface area contributed by atoms with Crippen molar-refractivity contribution in [2.24, 2.45) is 23.7 Å². The van der Waals surface area contributed by atoms with Crippen molar-refractivity contribution in [3.8, 4) is 0 Å². The van der Waals surface area contributed by atoms with Crippen molar-refractivity contribution in [1.82, 2.24) is 10.2 Å². The first-order chi connectivity index (χ1) is 8.75. The van der Waals surface area contributed by atoms with Gasteiger partial charge in [0.05, 0.1) is 0 Å². The molecule has 3 aliphatic rings. The molecule has 3 fully saturated rings. The average Bonchev–Trinajstić information content (AvgIpc) is 3.25. The maximum atomic E-state index is 12.6. The van der Waals surface area contributed by atoms with E-state index in [0.29, 0.717) is 11.8 Å². The fraction of sp³-hybridized carbons (Fsp3) is 0.933. The molecule has 0 unspecified atom stereocenters. The van der Waals surface area contributed by atoms with Crippen molar-refractivity contribution in [1.29, 1.82) is 0 Å². The molecular formula is C15H26N2O. The number of hydrogen-bond donors (Lipinski definition) is 1. The van der Waals surface area contributed by atoms with Gasteiger partial charge in [0.15, 0.2) is 0 Å². The molecule has 1 saturated heterocycles. The number of carbonyl (C=O) groups is 1. The molecule has 0 spiro atoms. The van der Waals surface area contributed by atoms with Gasteiger partial charge in [-0.3, -0.25) is 4.79 Å². The van der Waals surface area contributed by atoms with E-state index in [1.54, 1.807) is 0 Å². The summed E-state index contributed by atoms with van der Waals surface area (Å²) in [5.74, 6) is 3.04. The molecule has 0 aromatic heterocycles. The Hall–Kier alpha value is -0.570. The molecule has 0 atom stereocenters. The van der Waals surface area contributed by atoms with Crippen LogP contribution < -0.4 is 5.32 Å². The second-order valence-electron chi connectivity index (χ2n) is 6.61. The molecule has 3 nitrogen and oxygen atoms in total. The van der Waals surface area contributed by atoms with Crippen LogP contribution in [0.25, 0.3) is 0 Å². The Balaban J connectivity index is 1.53.